The van der Waals surface area contributed by atoms with Crippen molar-refractivity contribution in [3.05, 3.63) is 91.0 Å². The van der Waals surface area contributed by atoms with Crippen molar-refractivity contribution in [1.82, 2.24) is 5.32 Å². The van der Waals surface area contributed by atoms with Crippen LogP contribution in [0.2, 0.25) is 0 Å². The molecule has 0 aliphatic carbocycles. The number of barbiturate groups is 1. The van der Waals surface area contributed by atoms with Crippen molar-refractivity contribution >= 4 is 68.1 Å². The van der Waals surface area contributed by atoms with Crippen LogP contribution in [-0.2, 0) is 22.6 Å². The molecule has 1 aliphatic heterocycles. The molecule has 0 aromatic heterocycles. The molecule has 0 spiro atoms. The van der Waals surface area contributed by atoms with Crippen molar-refractivity contribution in [2.24, 2.45) is 0 Å². The van der Waals surface area contributed by atoms with Crippen LogP contribution in [0.5, 0.6) is 11.5 Å². The molecule has 4 rings (SSSR count). The van der Waals surface area contributed by atoms with Crippen LogP contribution >= 0.6 is 38.5 Å². The van der Waals surface area contributed by atoms with Crippen molar-refractivity contribution in [2.45, 2.75) is 26.9 Å². The summed E-state index contributed by atoms with van der Waals surface area (Å²) in [6.45, 7) is 4.60. The molecule has 3 aromatic carbocycles. The van der Waals surface area contributed by atoms with Gasteiger partial charge in [0.15, 0.2) is 11.5 Å². The monoisotopic (exact) mass is 674 g/mol. The summed E-state index contributed by atoms with van der Waals surface area (Å²) >= 11 is 5.78. The highest BCUT2D eigenvalue weighted by Gasteiger charge is 2.36. The van der Waals surface area contributed by atoms with Crippen molar-refractivity contribution in [3.63, 3.8) is 0 Å². The fraction of sp³-hybridized carbons (Fsp3) is 0.179. The number of anilines is 1. The fourth-order valence-electron chi connectivity index (χ4n) is 3.75. The van der Waals surface area contributed by atoms with Gasteiger partial charge in [-0.25, -0.2) is 9.69 Å². The maximum absolute atomic E-state index is 13.3. The van der Waals surface area contributed by atoms with Crippen LogP contribution in [0.15, 0.2) is 70.7 Å². The summed E-state index contributed by atoms with van der Waals surface area (Å²) in [5, 5.41) is 2.26. The Hall–Kier alpha value is -3.18. The summed E-state index contributed by atoms with van der Waals surface area (Å²) in [7, 11) is 0. The summed E-state index contributed by atoms with van der Waals surface area (Å²) in [6.07, 6.45) is 2.26. The number of hydrogen-bond donors (Lipinski definition) is 1. The third kappa shape index (κ3) is 6.22. The summed E-state index contributed by atoms with van der Waals surface area (Å²) in [4.78, 5) is 39.4. The smallest absolute Gasteiger partial charge is 0.335 e. The van der Waals surface area contributed by atoms with Crippen LogP contribution in [-0.4, -0.2) is 24.5 Å². The average Bonchev–Trinajstić information content (AvgIpc) is 2.87. The van der Waals surface area contributed by atoms with Crippen molar-refractivity contribution in [1.29, 1.82) is 0 Å². The summed E-state index contributed by atoms with van der Waals surface area (Å²) < 4.78 is 13.6. The zero-order valence-corrected chi connectivity index (χ0v) is 24.0. The molecular formula is C28H24BrIN2O5. The van der Waals surface area contributed by atoms with E-state index in [-0.39, 0.29) is 5.57 Å². The fourth-order valence-corrected chi connectivity index (χ4v) is 4.68. The van der Waals surface area contributed by atoms with Gasteiger partial charge in [0.25, 0.3) is 11.8 Å². The van der Waals surface area contributed by atoms with Gasteiger partial charge in [0.1, 0.15) is 12.2 Å². The number of hydrogen-bond acceptors (Lipinski definition) is 5. The van der Waals surface area contributed by atoms with E-state index in [9.17, 15) is 14.4 Å². The first-order valence-electron chi connectivity index (χ1n) is 11.6. The lowest BCUT2D eigenvalue weighted by molar-refractivity contribution is -0.122. The van der Waals surface area contributed by atoms with E-state index in [0.717, 1.165) is 26.0 Å². The summed E-state index contributed by atoms with van der Waals surface area (Å²) in [5.74, 6) is -0.494. The van der Waals surface area contributed by atoms with Gasteiger partial charge in [-0.1, -0.05) is 31.2 Å². The van der Waals surface area contributed by atoms with Crippen LogP contribution < -0.4 is 19.7 Å². The Balaban J connectivity index is 1.64. The van der Waals surface area contributed by atoms with Crippen LogP contribution in [0, 0.1) is 3.57 Å². The van der Waals surface area contributed by atoms with Gasteiger partial charge in [-0.15, -0.1) is 0 Å². The number of nitrogens with one attached hydrogen (secondary N) is 1. The van der Waals surface area contributed by atoms with Gasteiger partial charge in [0, 0.05) is 3.57 Å². The van der Waals surface area contributed by atoms with Gasteiger partial charge < -0.3 is 9.47 Å². The topological polar surface area (TPSA) is 84.9 Å². The van der Waals surface area contributed by atoms with Gasteiger partial charge in [-0.3, -0.25) is 14.9 Å². The lowest BCUT2D eigenvalue weighted by atomic mass is 10.1. The molecule has 190 valence electrons. The number of imide groups is 2. The number of nitrogens with zero attached hydrogens (tertiary/aromatic N) is 1. The minimum atomic E-state index is -0.785. The maximum Gasteiger partial charge on any atom is 0.335 e. The molecule has 0 bridgehead atoms. The minimum absolute atomic E-state index is 0.166. The minimum Gasteiger partial charge on any atom is -0.490 e. The van der Waals surface area contributed by atoms with Gasteiger partial charge in [0.05, 0.1) is 16.8 Å². The first kappa shape index (κ1) is 26.9. The quantitative estimate of drug-likeness (QED) is 0.173. The van der Waals surface area contributed by atoms with Crippen LogP contribution in [0.3, 0.4) is 0 Å². The van der Waals surface area contributed by atoms with E-state index in [2.05, 4.69) is 43.8 Å². The second-order valence-corrected chi connectivity index (χ2v) is 10.3. The molecule has 4 amide bonds. The molecular weight excluding hydrogens is 651 g/mol. The average molecular weight is 675 g/mol. The first-order chi connectivity index (χ1) is 17.8. The lowest BCUT2D eigenvalue weighted by Gasteiger charge is -2.26. The largest absolute Gasteiger partial charge is 0.490 e. The van der Waals surface area contributed by atoms with E-state index in [1.54, 1.807) is 24.3 Å². The van der Waals surface area contributed by atoms with Crippen LogP contribution in [0.4, 0.5) is 10.5 Å². The Labute approximate surface area is 237 Å². The zero-order valence-electron chi connectivity index (χ0n) is 20.2. The number of aryl methyl sites for hydroxylation is 1. The second kappa shape index (κ2) is 11.9. The van der Waals surface area contributed by atoms with E-state index in [4.69, 9.17) is 9.47 Å². The Morgan fingerprint density at radius 1 is 0.946 bits per heavy atom. The number of carbonyl (C=O) groups excluding carboxylic acids is 3. The number of rotatable bonds is 8. The number of halogens is 2. The zero-order chi connectivity index (χ0) is 26.5. The molecule has 7 nitrogen and oxygen atoms in total. The Morgan fingerprint density at radius 3 is 2.27 bits per heavy atom. The second-order valence-electron chi connectivity index (χ2n) is 8.16. The maximum atomic E-state index is 13.3. The standard InChI is InChI=1S/C28H24BrIN2O5/c1-3-17-7-11-21(12-8-17)32-27(34)22(26(33)31-28(32)35)13-19-14-23(29)25(24(15-19)36-4-2)37-16-18-5-9-20(30)10-6-18/h5-15H,3-4,16H2,1-2H3,(H,31,33,35)/b22-13-. The van der Waals surface area contributed by atoms with Gasteiger partial charge >= 0.3 is 6.03 Å². The van der Waals surface area contributed by atoms with Crippen molar-refractivity contribution in [3.8, 4) is 11.5 Å². The number of ether oxygens (including phenoxy) is 2. The first-order valence-corrected chi connectivity index (χ1v) is 13.5. The van der Waals surface area contributed by atoms with E-state index in [0.29, 0.717) is 40.4 Å². The molecule has 0 atom stereocenters. The molecule has 1 aliphatic rings. The third-order valence-electron chi connectivity index (χ3n) is 5.64. The Morgan fingerprint density at radius 2 is 1.62 bits per heavy atom. The van der Waals surface area contributed by atoms with Gasteiger partial charge in [-0.2, -0.15) is 0 Å². The molecule has 9 heteroatoms. The predicted molar refractivity (Wildman–Crippen MR) is 154 cm³/mol. The molecule has 0 unspecified atom stereocenters. The highest BCUT2D eigenvalue weighted by Crippen LogP contribution is 2.38. The highest BCUT2D eigenvalue weighted by atomic mass is 127. The normalized spacial score (nSPS) is 14.6. The Bertz CT molecular complexity index is 1370. The molecule has 0 radical (unpaired) electrons. The molecule has 3 aromatic rings. The van der Waals surface area contributed by atoms with Gasteiger partial charge in [0.2, 0.25) is 0 Å². The molecule has 1 fully saturated rings. The van der Waals surface area contributed by atoms with E-state index >= 15 is 0 Å². The van der Waals surface area contributed by atoms with E-state index in [1.807, 2.05) is 50.2 Å². The molecule has 1 heterocycles. The summed E-state index contributed by atoms with van der Waals surface area (Å²) in [6, 6.07) is 17.7. The lowest BCUT2D eigenvalue weighted by Crippen LogP contribution is -2.54. The van der Waals surface area contributed by atoms with Crippen LogP contribution in [0.25, 0.3) is 6.08 Å². The highest BCUT2D eigenvalue weighted by molar-refractivity contribution is 14.1. The van der Waals surface area contributed by atoms with E-state index in [1.165, 1.54) is 6.08 Å². The van der Waals surface area contributed by atoms with Crippen LogP contribution in [0.1, 0.15) is 30.5 Å². The molecule has 37 heavy (non-hydrogen) atoms. The SMILES string of the molecule is CCOc1cc(/C=C2/C(=O)NC(=O)N(c3ccc(CC)cc3)C2=O)cc(Br)c1OCc1ccc(I)cc1. The number of carbonyl (C=O) groups is 3. The van der Waals surface area contributed by atoms with Crippen molar-refractivity contribution < 1.29 is 23.9 Å². The number of amides is 4. The number of urea groups is 1. The van der Waals surface area contributed by atoms with Gasteiger partial charge in [-0.05, 0) is 111 Å². The molecule has 1 saturated heterocycles. The van der Waals surface area contributed by atoms with E-state index < -0.39 is 17.8 Å². The molecule has 1 N–H and O–H groups in total. The van der Waals surface area contributed by atoms with Crippen molar-refractivity contribution in [2.75, 3.05) is 11.5 Å². The Kier molecular flexibility index (Phi) is 8.65. The molecule has 0 saturated carbocycles. The predicted octanol–water partition coefficient (Wildman–Crippen LogP) is 6.26. The number of benzene rings is 3. The third-order valence-corrected chi connectivity index (χ3v) is 6.95. The summed E-state index contributed by atoms with van der Waals surface area (Å²) in [5.41, 5.74) is 2.82.